The number of hydrogen-bond acceptors (Lipinski definition) is 4. The van der Waals surface area contributed by atoms with E-state index in [1.165, 1.54) is 12.1 Å². The fraction of sp³-hybridized carbons (Fsp3) is 0.389. The molecule has 1 saturated heterocycles. The largest absolute Gasteiger partial charge is 0.350 e. The minimum absolute atomic E-state index is 0.206. The molecule has 2 heterocycles. The van der Waals surface area contributed by atoms with Crippen molar-refractivity contribution >= 4 is 11.9 Å². The van der Waals surface area contributed by atoms with E-state index in [0.717, 1.165) is 37.2 Å². The number of hydrogen-bond donors (Lipinski definition) is 1. The molecule has 0 aliphatic carbocycles. The van der Waals surface area contributed by atoms with Crippen molar-refractivity contribution in [2.75, 3.05) is 24.5 Å². The molecule has 3 rings (SSSR count). The molecule has 0 bridgehead atoms. The Balaban J connectivity index is 1.60. The summed E-state index contributed by atoms with van der Waals surface area (Å²) >= 11 is 0. The van der Waals surface area contributed by atoms with Gasteiger partial charge < -0.3 is 10.2 Å². The molecule has 1 aromatic carbocycles. The van der Waals surface area contributed by atoms with Crippen LogP contribution >= 0.6 is 0 Å². The summed E-state index contributed by atoms with van der Waals surface area (Å²) in [5.41, 5.74) is 2.16. The predicted octanol–water partition coefficient (Wildman–Crippen LogP) is 2.50. The molecule has 0 unspecified atom stereocenters. The summed E-state index contributed by atoms with van der Waals surface area (Å²) in [5, 5.41) is 2.87. The second-order valence-electron chi connectivity index (χ2n) is 6.02. The summed E-state index contributed by atoms with van der Waals surface area (Å²) < 4.78 is 12.9. The molecule has 2 aromatic rings. The first-order valence-electron chi connectivity index (χ1n) is 8.25. The normalized spacial score (nSPS) is 14.0. The van der Waals surface area contributed by atoms with Crippen LogP contribution in [0.3, 0.4) is 0 Å². The summed E-state index contributed by atoms with van der Waals surface area (Å²) in [5.74, 6) is 0.174. The smallest absolute Gasteiger partial charge is 0.270 e. The van der Waals surface area contributed by atoms with E-state index in [-0.39, 0.29) is 11.7 Å². The Kier molecular flexibility index (Phi) is 5.03. The van der Waals surface area contributed by atoms with Crippen molar-refractivity contribution in [3.8, 4) is 0 Å². The Labute approximate surface area is 140 Å². The lowest BCUT2D eigenvalue weighted by Gasteiger charge is -2.16. The highest BCUT2D eigenvalue weighted by Gasteiger charge is 2.17. The fourth-order valence-corrected chi connectivity index (χ4v) is 2.79. The van der Waals surface area contributed by atoms with E-state index in [4.69, 9.17) is 0 Å². The Morgan fingerprint density at radius 3 is 2.62 bits per heavy atom. The van der Waals surface area contributed by atoms with Gasteiger partial charge in [-0.25, -0.2) is 14.4 Å². The number of carbonyl (C=O) groups excluding carboxylic acids is 1. The van der Waals surface area contributed by atoms with Gasteiger partial charge in [0.05, 0.1) is 0 Å². The van der Waals surface area contributed by atoms with Gasteiger partial charge in [-0.15, -0.1) is 0 Å². The summed E-state index contributed by atoms with van der Waals surface area (Å²) in [4.78, 5) is 23.3. The average molecular weight is 328 g/mol. The third kappa shape index (κ3) is 4.07. The maximum atomic E-state index is 12.9. The van der Waals surface area contributed by atoms with Gasteiger partial charge in [-0.05, 0) is 49.9 Å². The Bertz CT molecular complexity index is 711. The molecular weight excluding hydrogens is 307 g/mol. The molecular formula is C18H21FN4O. The Morgan fingerprint density at radius 1 is 1.21 bits per heavy atom. The average Bonchev–Trinajstić information content (AvgIpc) is 3.10. The minimum Gasteiger partial charge on any atom is -0.350 e. The van der Waals surface area contributed by atoms with Gasteiger partial charge in [-0.2, -0.15) is 0 Å². The van der Waals surface area contributed by atoms with Crippen molar-refractivity contribution in [2.45, 2.75) is 26.2 Å². The van der Waals surface area contributed by atoms with Crippen LogP contribution in [0.5, 0.6) is 0 Å². The number of anilines is 1. The van der Waals surface area contributed by atoms with Gasteiger partial charge in [0, 0.05) is 25.3 Å². The van der Waals surface area contributed by atoms with Gasteiger partial charge in [0.2, 0.25) is 5.95 Å². The summed E-state index contributed by atoms with van der Waals surface area (Å²) in [6.45, 7) is 4.23. The second-order valence-corrected chi connectivity index (χ2v) is 6.02. The van der Waals surface area contributed by atoms with Crippen LogP contribution in [-0.2, 0) is 6.42 Å². The fourth-order valence-electron chi connectivity index (χ4n) is 2.79. The zero-order valence-electron chi connectivity index (χ0n) is 13.8. The second kappa shape index (κ2) is 7.38. The number of carbonyl (C=O) groups is 1. The number of nitrogens with one attached hydrogen (secondary N) is 1. The number of nitrogens with zero attached hydrogens (tertiary/aromatic N) is 3. The molecule has 0 saturated carbocycles. The van der Waals surface area contributed by atoms with Crippen molar-refractivity contribution in [3.05, 3.63) is 53.1 Å². The maximum Gasteiger partial charge on any atom is 0.270 e. The molecule has 1 aliphatic heterocycles. The molecule has 0 spiro atoms. The molecule has 6 heteroatoms. The molecule has 0 atom stereocenters. The van der Waals surface area contributed by atoms with Crippen LogP contribution in [0.1, 0.15) is 34.6 Å². The first-order valence-corrected chi connectivity index (χ1v) is 8.25. The summed E-state index contributed by atoms with van der Waals surface area (Å²) in [7, 11) is 0. The highest BCUT2D eigenvalue weighted by molar-refractivity contribution is 5.92. The van der Waals surface area contributed by atoms with E-state index in [0.29, 0.717) is 24.6 Å². The molecule has 126 valence electrons. The first kappa shape index (κ1) is 16.4. The molecule has 24 heavy (non-hydrogen) atoms. The van der Waals surface area contributed by atoms with Crippen LogP contribution in [0.25, 0.3) is 0 Å². The topological polar surface area (TPSA) is 58.1 Å². The van der Waals surface area contributed by atoms with Crippen LogP contribution in [0.4, 0.5) is 10.3 Å². The lowest BCUT2D eigenvalue weighted by atomic mass is 10.1. The van der Waals surface area contributed by atoms with Crippen LogP contribution in [0.15, 0.2) is 30.3 Å². The van der Waals surface area contributed by atoms with Crippen molar-refractivity contribution in [1.29, 1.82) is 0 Å². The van der Waals surface area contributed by atoms with Crippen LogP contribution in [0, 0.1) is 12.7 Å². The lowest BCUT2D eigenvalue weighted by Crippen LogP contribution is -2.28. The van der Waals surface area contributed by atoms with Crippen LogP contribution < -0.4 is 10.2 Å². The van der Waals surface area contributed by atoms with Crippen molar-refractivity contribution in [2.24, 2.45) is 0 Å². The summed E-state index contributed by atoms with van der Waals surface area (Å²) in [6, 6.07) is 8.00. The third-order valence-electron chi connectivity index (χ3n) is 4.08. The van der Waals surface area contributed by atoms with E-state index < -0.39 is 0 Å². The number of aryl methyl sites for hydroxylation is 1. The standard InChI is InChI=1S/C18H21FN4O/c1-13-12-16(22-18(21-13)23-10-2-3-11-23)17(24)20-9-8-14-4-6-15(19)7-5-14/h4-7,12H,2-3,8-11H2,1H3,(H,20,24). The van der Waals surface area contributed by atoms with Crippen LogP contribution in [-0.4, -0.2) is 35.5 Å². The van der Waals surface area contributed by atoms with E-state index in [1.807, 2.05) is 6.92 Å². The van der Waals surface area contributed by atoms with Crippen molar-refractivity contribution in [3.63, 3.8) is 0 Å². The number of benzene rings is 1. The molecule has 5 nitrogen and oxygen atoms in total. The van der Waals surface area contributed by atoms with Gasteiger partial charge in [-0.1, -0.05) is 12.1 Å². The van der Waals surface area contributed by atoms with Gasteiger partial charge in [0.25, 0.3) is 5.91 Å². The highest BCUT2D eigenvalue weighted by atomic mass is 19.1. The Hall–Kier alpha value is -2.50. The van der Waals surface area contributed by atoms with E-state index in [2.05, 4.69) is 20.2 Å². The monoisotopic (exact) mass is 328 g/mol. The molecule has 1 aliphatic rings. The number of halogens is 1. The molecule has 1 fully saturated rings. The molecule has 1 N–H and O–H groups in total. The first-order chi connectivity index (χ1) is 11.6. The maximum absolute atomic E-state index is 12.9. The SMILES string of the molecule is Cc1cc(C(=O)NCCc2ccc(F)cc2)nc(N2CCCC2)n1. The van der Waals surface area contributed by atoms with Crippen molar-refractivity contribution in [1.82, 2.24) is 15.3 Å². The van der Waals surface area contributed by atoms with E-state index >= 15 is 0 Å². The molecule has 0 radical (unpaired) electrons. The number of rotatable bonds is 5. The number of amides is 1. The molecule has 1 amide bonds. The van der Waals surface area contributed by atoms with Gasteiger partial charge in [0.1, 0.15) is 11.5 Å². The minimum atomic E-state index is -0.256. The quantitative estimate of drug-likeness (QED) is 0.916. The lowest BCUT2D eigenvalue weighted by molar-refractivity contribution is 0.0949. The number of aromatic nitrogens is 2. The van der Waals surface area contributed by atoms with Crippen LogP contribution in [0.2, 0.25) is 0 Å². The predicted molar refractivity (Wildman–Crippen MR) is 90.7 cm³/mol. The highest BCUT2D eigenvalue weighted by Crippen LogP contribution is 2.16. The summed E-state index contributed by atoms with van der Waals surface area (Å²) in [6.07, 6.45) is 2.92. The molecule has 1 aromatic heterocycles. The van der Waals surface area contributed by atoms with Crippen molar-refractivity contribution < 1.29 is 9.18 Å². The zero-order chi connectivity index (χ0) is 16.9. The Morgan fingerprint density at radius 2 is 1.92 bits per heavy atom. The van der Waals surface area contributed by atoms with Gasteiger partial charge in [0.15, 0.2) is 0 Å². The van der Waals surface area contributed by atoms with E-state index in [1.54, 1.807) is 18.2 Å². The van der Waals surface area contributed by atoms with Gasteiger partial charge >= 0.3 is 0 Å². The van der Waals surface area contributed by atoms with Gasteiger partial charge in [-0.3, -0.25) is 4.79 Å². The third-order valence-corrected chi connectivity index (χ3v) is 4.08. The van der Waals surface area contributed by atoms with E-state index in [9.17, 15) is 9.18 Å². The zero-order valence-corrected chi connectivity index (χ0v) is 13.8.